The van der Waals surface area contributed by atoms with Gasteiger partial charge in [0.05, 0.1) is 0 Å². The maximum absolute atomic E-state index is 12.9. The largest absolute Gasteiger partial charge is 0.356 e. The van der Waals surface area contributed by atoms with Gasteiger partial charge in [-0.1, -0.05) is 39.0 Å². The summed E-state index contributed by atoms with van der Waals surface area (Å²) in [5, 5.41) is 0. The van der Waals surface area contributed by atoms with Gasteiger partial charge >= 0.3 is 0 Å². The highest BCUT2D eigenvalue weighted by molar-refractivity contribution is 5.95. The first-order valence-electron chi connectivity index (χ1n) is 10.4. The van der Waals surface area contributed by atoms with E-state index in [1.807, 2.05) is 23.2 Å². The molecule has 1 aromatic carbocycles. The van der Waals surface area contributed by atoms with Crippen molar-refractivity contribution in [2.24, 2.45) is 5.92 Å². The Labute approximate surface area is 167 Å². The van der Waals surface area contributed by atoms with Gasteiger partial charge in [-0.2, -0.15) is 0 Å². The van der Waals surface area contributed by atoms with Crippen LogP contribution in [0.3, 0.4) is 0 Å². The summed E-state index contributed by atoms with van der Waals surface area (Å²) in [4.78, 5) is 26.4. The van der Waals surface area contributed by atoms with Crippen LogP contribution in [0.15, 0.2) is 36.5 Å². The highest BCUT2D eigenvalue weighted by Crippen LogP contribution is 2.31. The molecule has 2 aliphatic heterocycles. The minimum absolute atomic E-state index is 0.0488. The number of carbonyl (C=O) groups excluding carboxylic acids is 1. The molecule has 0 aliphatic carbocycles. The van der Waals surface area contributed by atoms with Crippen LogP contribution in [-0.4, -0.2) is 35.5 Å². The summed E-state index contributed by atoms with van der Waals surface area (Å²) >= 11 is 0. The van der Waals surface area contributed by atoms with Gasteiger partial charge in [-0.05, 0) is 42.9 Å². The van der Waals surface area contributed by atoms with E-state index >= 15 is 0 Å². The van der Waals surface area contributed by atoms with E-state index in [1.165, 1.54) is 5.56 Å². The molecular weight excluding hydrogens is 348 g/mol. The van der Waals surface area contributed by atoms with Crippen molar-refractivity contribution in [3.05, 3.63) is 47.9 Å². The zero-order valence-corrected chi connectivity index (χ0v) is 17.2. The highest BCUT2D eigenvalue weighted by Gasteiger charge is 2.28. The molecule has 1 aromatic heterocycles. The van der Waals surface area contributed by atoms with E-state index in [0.717, 1.165) is 56.2 Å². The smallest absolute Gasteiger partial charge is 0.227 e. The van der Waals surface area contributed by atoms with Crippen molar-refractivity contribution in [2.45, 2.75) is 51.9 Å². The number of fused-ring (bicyclic) bond motifs is 1. The Bertz CT molecular complexity index is 850. The zero-order valence-electron chi connectivity index (χ0n) is 17.2. The molecule has 1 saturated heterocycles. The first-order chi connectivity index (χ1) is 13.4. The summed E-state index contributed by atoms with van der Waals surface area (Å²) in [5.74, 6) is 2.63. The number of hydrogen-bond acceptors (Lipinski definition) is 4. The molecular formula is C23H30N4O. The summed E-state index contributed by atoms with van der Waals surface area (Å²) in [7, 11) is 0. The summed E-state index contributed by atoms with van der Waals surface area (Å²) in [6.07, 6.45) is 5.57. The molecule has 0 atom stereocenters. The van der Waals surface area contributed by atoms with E-state index in [2.05, 4.69) is 48.9 Å². The van der Waals surface area contributed by atoms with Gasteiger partial charge in [-0.25, -0.2) is 9.97 Å². The lowest BCUT2D eigenvalue weighted by atomic mass is 9.92. The van der Waals surface area contributed by atoms with Crippen molar-refractivity contribution in [3.63, 3.8) is 0 Å². The van der Waals surface area contributed by atoms with E-state index in [1.54, 1.807) is 0 Å². The lowest BCUT2D eigenvalue weighted by molar-refractivity contribution is -0.119. The van der Waals surface area contributed by atoms with Crippen LogP contribution in [0.2, 0.25) is 0 Å². The van der Waals surface area contributed by atoms with Gasteiger partial charge in [0.1, 0.15) is 11.6 Å². The number of para-hydroxylation sites is 1. The summed E-state index contributed by atoms with van der Waals surface area (Å²) in [5.41, 5.74) is 2.36. The van der Waals surface area contributed by atoms with Crippen LogP contribution in [0.5, 0.6) is 0 Å². The van der Waals surface area contributed by atoms with E-state index in [-0.39, 0.29) is 11.3 Å². The Hall–Kier alpha value is -2.43. The van der Waals surface area contributed by atoms with Crippen LogP contribution in [0.25, 0.3) is 0 Å². The summed E-state index contributed by atoms with van der Waals surface area (Å²) in [6, 6.07) is 10.3. The first-order valence-corrected chi connectivity index (χ1v) is 10.4. The number of carbonyl (C=O) groups is 1. The average Bonchev–Trinajstić information content (AvgIpc) is 3.12. The van der Waals surface area contributed by atoms with Crippen LogP contribution in [-0.2, 0) is 16.6 Å². The van der Waals surface area contributed by atoms with Gasteiger partial charge in [0.15, 0.2) is 0 Å². The Morgan fingerprint density at radius 2 is 1.86 bits per heavy atom. The van der Waals surface area contributed by atoms with Crippen LogP contribution in [0.4, 0.5) is 11.5 Å². The minimum atomic E-state index is -0.0488. The SMILES string of the molecule is CC(C)(C)c1nccc(N2CCC(CC(=O)N3CCc4ccccc43)CC2)n1. The van der Waals surface area contributed by atoms with E-state index < -0.39 is 0 Å². The average molecular weight is 379 g/mol. The third kappa shape index (κ3) is 3.89. The number of rotatable bonds is 3. The number of hydrogen-bond donors (Lipinski definition) is 0. The predicted molar refractivity (Wildman–Crippen MR) is 113 cm³/mol. The second-order valence-corrected chi connectivity index (χ2v) is 9.05. The van der Waals surface area contributed by atoms with Crippen molar-refractivity contribution in [1.29, 1.82) is 0 Å². The normalized spacial score (nSPS) is 17.7. The second kappa shape index (κ2) is 7.53. The van der Waals surface area contributed by atoms with Crippen molar-refractivity contribution in [1.82, 2.24) is 9.97 Å². The number of aromatic nitrogens is 2. The fourth-order valence-corrected chi connectivity index (χ4v) is 4.21. The maximum atomic E-state index is 12.9. The van der Waals surface area contributed by atoms with Gasteiger partial charge in [-0.15, -0.1) is 0 Å². The van der Waals surface area contributed by atoms with Crippen molar-refractivity contribution in [2.75, 3.05) is 29.4 Å². The summed E-state index contributed by atoms with van der Waals surface area (Å²) in [6.45, 7) is 9.15. The van der Waals surface area contributed by atoms with E-state index in [4.69, 9.17) is 4.98 Å². The molecule has 0 N–H and O–H groups in total. The van der Waals surface area contributed by atoms with Crippen LogP contribution >= 0.6 is 0 Å². The molecule has 2 aromatic rings. The Balaban J connectivity index is 1.34. The molecule has 1 amide bonds. The van der Waals surface area contributed by atoms with E-state index in [0.29, 0.717) is 12.3 Å². The first kappa shape index (κ1) is 18.9. The fraction of sp³-hybridized carbons (Fsp3) is 0.522. The van der Waals surface area contributed by atoms with Crippen LogP contribution < -0.4 is 9.80 Å². The second-order valence-electron chi connectivity index (χ2n) is 9.05. The monoisotopic (exact) mass is 378 g/mol. The van der Waals surface area contributed by atoms with Crippen LogP contribution in [0.1, 0.15) is 51.4 Å². The van der Waals surface area contributed by atoms with Crippen molar-refractivity contribution >= 4 is 17.4 Å². The molecule has 3 heterocycles. The van der Waals surface area contributed by atoms with Crippen molar-refractivity contribution < 1.29 is 4.79 Å². The molecule has 1 fully saturated rings. The molecule has 0 radical (unpaired) electrons. The number of anilines is 2. The van der Waals surface area contributed by atoms with Crippen LogP contribution in [0, 0.1) is 5.92 Å². The third-order valence-corrected chi connectivity index (χ3v) is 5.90. The lowest BCUT2D eigenvalue weighted by Crippen LogP contribution is -2.37. The molecule has 5 heteroatoms. The zero-order chi connectivity index (χ0) is 19.7. The van der Waals surface area contributed by atoms with Gasteiger partial charge < -0.3 is 9.80 Å². The molecule has 5 nitrogen and oxygen atoms in total. The number of nitrogens with zero attached hydrogens (tertiary/aromatic N) is 4. The Morgan fingerprint density at radius 1 is 1.11 bits per heavy atom. The molecule has 0 spiro atoms. The molecule has 0 unspecified atom stereocenters. The quantitative estimate of drug-likeness (QED) is 0.811. The number of benzene rings is 1. The lowest BCUT2D eigenvalue weighted by Gasteiger charge is -2.33. The van der Waals surface area contributed by atoms with Gasteiger partial charge in [0.25, 0.3) is 0 Å². The maximum Gasteiger partial charge on any atom is 0.227 e. The molecule has 2 aliphatic rings. The standard InChI is InChI=1S/C23H30N4O/c1-23(2,3)22-24-12-8-20(25-22)26-13-9-17(10-14-26)16-21(28)27-15-11-18-6-4-5-7-19(18)27/h4-8,12,17H,9-11,13-16H2,1-3H3. The Morgan fingerprint density at radius 3 is 2.61 bits per heavy atom. The van der Waals surface area contributed by atoms with Gasteiger partial charge in [0, 0.05) is 43.4 Å². The number of piperidine rings is 1. The molecule has 28 heavy (non-hydrogen) atoms. The molecule has 0 bridgehead atoms. The molecule has 0 saturated carbocycles. The van der Waals surface area contributed by atoms with Gasteiger partial charge in [-0.3, -0.25) is 4.79 Å². The molecule has 148 valence electrons. The van der Waals surface area contributed by atoms with Gasteiger partial charge in [0.2, 0.25) is 5.91 Å². The summed E-state index contributed by atoms with van der Waals surface area (Å²) < 4.78 is 0. The topological polar surface area (TPSA) is 49.3 Å². The Kier molecular flexibility index (Phi) is 5.09. The molecule has 4 rings (SSSR count). The van der Waals surface area contributed by atoms with E-state index in [9.17, 15) is 4.79 Å². The third-order valence-electron chi connectivity index (χ3n) is 5.90. The minimum Gasteiger partial charge on any atom is -0.356 e. The fourth-order valence-electron chi connectivity index (χ4n) is 4.21. The predicted octanol–water partition coefficient (Wildman–Crippen LogP) is 3.97. The number of amides is 1. The van der Waals surface area contributed by atoms with Crippen molar-refractivity contribution in [3.8, 4) is 0 Å². The highest BCUT2D eigenvalue weighted by atomic mass is 16.2.